The summed E-state index contributed by atoms with van der Waals surface area (Å²) in [6, 6.07) is 9.72. The van der Waals surface area contributed by atoms with Crippen molar-refractivity contribution in [1.29, 1.82) is 0 Å². The third-order valence-corrected chi connectivity index (χ3v) is 7.41. The average Bonchev–Trinajstić information content (AvgIpc) is 3.52. The first-order chi connectivity index (χ1) is 14.9. The minimum Gasteiger partial charge on any atom is -0.350 e. The highest BCUT2D eigenvalue weighted by Gasteiger charge is 2.36. The number of amides is 2. The van der Waals surface area contributed by atoms with Crippen LogP contribution < -0.4 is 5.32 Å². The molecule has 2 unspecified atom stereocenters. The molecule has 0 spiro atoms. The van der Waals surface area contributed by atoms with E-state index in [-0.39, 0.29) is 17.7 Å². The zero-order chi connectivity index (χ0) is 22.0. The fourth-order valence-electron chi connectivity index (χ4n) is 3.93. The van der Waals surface area contributed by atoms with E-state index in [9.17, 15) is 9.59 Å². The predicted octanol–water partition coefficient (Wildman–Crippen LogP) is 4.29. The summed E-state index contributed by atoms with van der Waals surface area (Å²) in [6.45, 7) is 6.92. The Morgan fingerprint density at radius 1 is 1.26 bits per heavy atom. The van der Waals surface area contributed by atoms with Gasteiger partial charge in [-0.05, 0) is 62.3 Å². The molecule has 3 aromatic rings. The van der Waals surface area contributed by atoms with Gasteiger partial charge in [0.25, 0.3) is 0 Å². The maximum absolute atomic E-state index is 13.0. The number of rotatable bonds is 6. The van der Waals surface area contributed by atoms with Gasteiger partial charge in [-0.3, -0.25) is 9.59 Å². The van der Waals surface area contributed by atoms with E-state index in [4.69, 9.17) is 0 Å². The molecule has 6 nitrogen and oxygen atoms in total. The van der Waals surface area contributed by atoms with Crippen LogP contribution >= 0.6 is 22.9 Å². The highest BCUT2D eigenvalue weighted by Crippen LogP contribution is 2.28. The third kappa shape index (κ3) is 4.70. The van der Waals surface area contributed by atoms with Crippen molar-refractivity contribution in [2.24, 2.45) is 0 Å². The average molecular weight is 455 g/mol. The molecule has 1 saturated heterocycles. The molecule has 4 rings (SSSR count). The van der Waals surface area contributed by atoms with Gasteiger partial charge in [-0.15, -0.1) is 11.3 Å². The van der Waals surface area contributed by atoms with Crippen LogP contribution in [0.15, 0.2) is 35.8 Å². The standard InChI is InChI=1S/C23H26N4O2S2/c1-14-11-19(26-31-14)15(2)23(29)27-10-4-5-20(27)22(28)24-12-17-6-8-18(9-7-17)21-16(3)25-13-30-21/h6-9,11,13,15,20H,4-5,10,12H2,1-3H3,(H,24,28). The molecule has 1 fully saturated rings. The number of thiazole rings is 1. The van der Waals surface area contributed by atoms with Gasteiger partial charge in [0, 0.05) is 18.0 Å². The molecule has 1 aliphatic rings. The molecule has 2 aromatic heterocycles. The lowest BCUT2D eigenvalue weighted by molar-refractivity contribution is -0.139. The number of carbonyl (C=O) groups excluding carboxylic acids is 2. The summed E-state index contributed by atoms with van der Waals surface area (Å²) in [5, 5.41) is 3.02. The summed E-state index contributed by atoms with van der Waals surface area (Å²) in [4.78, 5) is 34.2. The summed E-state index contributed by atoms with van der Waals surface area (Å²) in [6.07, 6.45) is 1.54. The smallest absolute Gasteiger partial charge is 0.243 e. The second-order valence-corrected chi connectivity index (χ2v) is 9.82. The Balaban J connectivity index is 1.36. The van der Waals surface area contributed by atoms with Crippen molar-refractivity contribution < 1.29 is 9.59 Å². The molecule has 1 aliphatic heterocycles. The highest BCUT2D eigenvalue weighted by molar-refractivity contribution is 7.13. The number of nitrogens with zero attached hydrogens (tertiary/aromatic N) is 3. The minimum atomic E-state index is -0.409. The first kappa shape index (κ1) is 21.6. The minimum absolute atomic E-state index is 0.0211. The number of benzene rings is 1. The number of aryl methyl sites for hydroxylation is 2. The van der Waals surface area contributed by atoms with Crippen LogP contribution in [0.25, 0.3) is 10.4 Å². The second-order valence-electron chi connectivity index (χ2n) is 7.96. The molecule has 2 amide bonds. The van der Waals surface area contributed by atoms with Gasteiger partial charge in [-0.2, -0.15) is 4.37 Å². The lowest BCUT2D eigenvalue weighted by Gasteiger charge is -2.26. The summed E-state index contributed by atoms with van der Waals surface area (Å²) in [5.74, 6) is -0.441. The molecule has 162 valence electrons. The Kier molecular flexibility index (Phi) is 6.48. The number of hydrogen-bond acceptors (Lipinski definition) is 6. The molecule has 0 saturated carbocycles. The van der Waals surface area contributed by atoms with E-state index in [0.29, 0.717) is 19.5 Å². The highest BCUT2D eigenvalue weighted by atomic mass is 32.1. The Morgan fingerprint density at radius 3 is 2.68 bits per heavy atom. The van der Waals surface area contributed by atoms with Crippen molar-refractivity contribution in [3.63, 3.8) is 0 Å². The van der Waals surface area contributed by atoms with E-state index in [1.165, 1.54) is 16.4 Å². The van der Waals surface area contributed by atoms with E-state index in [2.05, 4.69) is 26.8 Å². The van der Waals surface area contributed by atoms with Crippen LogP contribution in [0.3, 0.4) is 0 Å². The number of carbonyl (C=O) groups is 2. The number of likely N-dealkylation sites (tertiary alicyclic amines) is 1. The summed E-state index contributed by atoms with van der Waals surface area (Å²) >= 11 is 3.03. The first-order valence-electron chi connectivity index (χ1n) is 10.4. The normalized spacial score (nSPS) is 17.0. The molecule has 0 bridgehead atoms. The van der Waals surface area contributed by atoms with Crippen LogP contribution in [0.2, 0.25) is 0 Å². The van der Waals surface area contributed by atoms with E-state index in [0.717, 1.165) is 33.8 Å². The molecule has 2 atom stereocenters. The number of hydrogen-bond donors (Lipinski definition) is 1. The van der Waals surface area contributed by atoms with Crippen LogP contribution in [-0.2, 0) is 16.1 Å². The zero-order valence-electron chi connectivity index (χ0n) is 17.9. The van der Waals surface area contributed by atoms with Crippen molar-refractivity contribution in [1.82, 2.24) is 19.6 Å². The van der Waals surface area contributed by atoms with E-state index < -0.39 is 6.04 Å². The lowest BCUT2D eigenvalue weighted by atomic mass is 10.1. The fraction of sp³-hybridized carbons (Fsp3) is 0.391. The molecule has 31 heavy (non-hydrogen) atoms. The Morgan fingerprint density at radius 2 is 2.03 bits per heavy atom. The molecule has 3 heterocycles. The Hall–Kier alpha value is -2.58. The van der Waals surface area contributed by atoms with Crippen LogP contribution in [0, 0.1) is 13.8 Å². The third-order valence-electron chi connectivity index (χ3n) is 5.73. The van der Waals surface area contributed by atoms with Gasteiger partial charge < -0.3 is 10.2 Å². The Labute approximate surface area is 190 Å². The first-order valence-corrected chi connectivity index (χ1v) is 12.1. The van der Waals surface area contributed by atoms with Gasteiger partial charge in [0.1, 0.15) is 6.04 Å². The van der Waals surface area contributed by atoms with Crippen LogP contribution in [0.4, 0.5) is 0 Å². The molecular formula is C23H26N4O2S2. The zero-order valence-corrected chi connectivity index (χ0v) is 19.6. The number of nitrogens with one attached hydrogen (secondary N) is 1. The van der Waals surface area contributed by atoms with Crippen molar-refractivity contribution in [2.45, 2.75) is 52.1 Å². The summed E-state index contributed by atoms with van der Waals surface area (Å²) in [7, 11) is 0. The van der Waals surface area contributed by atoms with Crippen LogP contribution in [0.5, 0.6) is 0 Å². The van der Waals surface area contributed by atoms with E-state index >= 15 is 0 Å². The van der Waals surface area contributed by atoms with Gasteiger partial charge in [0.15, 0.2) is 0 Å². The van der Waals surface area contributed by atoms with Gasteiger partial charge in [-0.1, -0.05) is 24.3 Å². The SMILES string of the molecule is Cc1cc(C(C)C(=O)N2CCCC2C(=O)NCc2ccc(-c3scnc3C)cc2)ns1. The van der Waals surface area contributed by atoms with Crippen LogP contribution in [0.1, 0.15) is 47.5 Å². The molecule has 0 aliphatic carbocycles. The van der Waals surface area contributed by atoms with Gasteiger partial charge in [0.05, 0.1) is 27.7 Å². The van der Waals surface area contributed by atoms with E-state index in [1.54, 1.807) is 16.2 Å². The number of aromatic nitrogens is 2. The van der Waals surface area contributed by atoms with Gasteiger partial charge >= 0.3 is 0 Å². The molecule has 1 N–H and O–H groups in total. The fourth-order valence-corrected chi connectivity index (χ4v) is 5.37. The topological polar surface area (TPSA) is 75.2 Å². The maximum atomic E-state index is 13.0. The lowest BCUT2D eigenvalue weighted by Crippen LogP contribution is -2.47. The van der Waals surface area contributed by atoms with Crippen molar-refractivity contribution in [3.05, 3.63) is 57.7 Å². The monoisotopic (exact) mass is 454 g/mol. The Bertz CT molecular complexity index is 1070. The molecule has 1 aromatic carbocycles. The second kappa shape index (κ2) is 9.28. The quantitative estimate of drug-likeness (QED) is 0.603. The van der Waals surface area contributed by atoms with Crippen molar-refractivity contribution >= 4 is 34.7 Å². The van der Waals surface area contributed by atoms with Crippen molar-refractivity contribution in [2.75, 3.05) is 6.54 Å². The molecule has 0 radical (unpaired) electrons. The van der Waals surface area contributed by atoms with E-state index in [1.807, 2.05) is 44.5 Å². The van der Waals surface area contributed by atoms with Gasteiger partial charge in [-0.25, -0.2) is 4.98 Å². The summed E-state index contributed by atoms with van der Waals surface area (Å²) in [5.41, 5.74) is 5.83. The van der Waals surface area contributed by atoms with Gasteiger partial charge in [0.2, 0.25) is 11.8 Å². The largest absolute Gasteiger partial charge is 0.350 e. The molecular weight excluding hydrogens is 428 g/mol. The maximum Gasteiger partial charge on any atom is 0.243 e. The summed E-state index contributed by atoms with van der Waals surface area (Å²) < 4.78 is 4.38. The van der Waals surface area contributed by atoms with Crippen molar-refractivity contribution in [3.8, 4) is 10.4 Å². The molecule has 8 heteroatoms. The van der Waals surface area contributed by atoms with Crippen LogP contribution in [-0.4, -0.2) is 38.7 Å². The predicted molar refractivity (Wildman–Crippen MR) is 124 cm³/mol.